The fourth-order valence-electron chi connectivity index (χ4n) is 9.20. The van der Waals surface area contributed by atoms with Gasteiger partial charge in [-0.05, 0) is 103 Å². The van der Waals surface area contributed by atoms with Crippen LogP contribution < -0.4 is 0 Å². The third kappa shape index (κ3) is 4.17. The summed E-state index contributed by atoms with van der Waals surface area (Å²) in [6, 6.07) is 71.6. The van der Waals surface area contributed by atoms with Gasteiger partial charge in [-0.25, -0.2) is 0 Å². The predicted octanol–water partition coefficient (Wildman–Crippen LogP) is 14.2. The molecule has 0 amide bonds. The molecule has 2 aromatic heterocycles. The van der Waals surface area contributed by atoms with Gasteiger partial charge in [-0.2, -0.15) is 0 Å². The smallest absolute Gasteiger partial charge is 0.0541 e. The molecule has 0 N–H and O–H groups in total. The van der Waals surface area contributed by atoms with Gasteiger partial charge < -0.3 is 9.13 Å². The molecule has 0 aliphatic carbocycles. The second kappa shape index (κ2) is 11.2. The lowest BCUT2D eigenvalue weighted by Crippen LogP contribution is -1.95. The highest BCUT2D eigenvalue weighted by Gasteiger charge is 2.17. The van der Waals surface area contributed by atoms with Crippen molar-refractivity contribution in [1.82, 2.24) is 9.13 Å². The minimum absolute atomic E-state index is 1.17. The minimum atomic E-state index is 1.17. The molecular formula is C52H32N2. The first-order chi connectivity index (χ1) is 26.8. The molecule has 0 fully saturated rings. The fourth-order valence-corrected chi connectivity index (χ4v) is 9.20. The third-order valence-electron chi connectivity index (χ3n) is 11.7. The molecule has 54 heavy (non-hydrogen) atoms. The number of fused-ring (bicyclic) bond motifs is 12. The van der Waals surface area contributed by atoms with Crippen molar-refractivity contribution in [2.75, 3.05) is 0 Å². The summed E-state index contributed by atoms with van der Waals surface area (Å²) >= 11 is 0. The molecule has 12 rings (SSSR count). The third-order valence-corrected chi connectivity index (χ3v) is 11.7. The number of para-hydroxylation sites is 2. The molecule has 0 unspecified atom stereocenters. The van der Waals surface area contributed by atoms with Gasteiger partial charge in [-0.3, -0.25) is 0 Å². The van der Waals surface area contributed by atoms with E-state index < -0.39 is 0 Å². The van der Waals surface area contributed by atoms with Crippen molar-refractivity contribution in [3.05, 3.63) is 194 Å². The first-order valence-electron chi connectivity index (χ1n) is 18.7. The van der Waals surface area contributed by atoms with Crippen LogP contribution in [-0.4, -0.2) is 9.13 Å². The van der Waals surface area contributed by atoms with Gasteiger partial charge in [0.25, 0.3) is 0 Å². The average Bonchev–Trinajstić information content (AvgIpc) is 3.75. The number of rotatable bonds is 3. The van der Waals surface area contributed by atoms with Crippen molar-refractivity contribution in [1.29, 1.82) is 0 Å². The van der Waals surface area contributed by atoms with Crippen molar-refractivity contribution in [2.45, 2.75) is 0 Å². The molecule has 0 bridgehead atoms. The SMILES string of the molecule is c1ccc2c(-n3c4ccccc4c4cc(-c5ccc6c(c5)c5ccccc5n6-c5ccc6c(ccc7c8ccccc8ccc67)c5)ccc43)cccc2c1. The Morgan fingerprint density at radius 1 is 0.241 bits per heavy atom. The quantitative estimate of drug-likeness (QED) is 0.164. The second-order valence-corrected chi connectivity index (χ2v) is 14.5. The Hall–Kier alpha value is -7.16. The van der Waals surface area contributed by atoms with E-state index in [1.165, 1.54) is 109 Å². The molecule has 12 aromatic rings. The van der Waals surface area contributed by atoms with E-state index in [0.717, 1.165) is 0 Å². The average molecular weight is 685 g/mol. The van der Waals surface area contributed by atoms with E-state index in [1.54, 1.807) is 0 Å². The van der Waals surface area contributed by atoms with E-state index in [1.807, 2.05) is 0 Å². The highest BCUT2D eigenvalue weighted by atomic mass is 15.0. The van der Waals surface area contributed by atoms with Crippen LogP contribution in [0, 0.1) is 0 Å². The minimum Gasteiger partial charge on any atom is -0.309 e. The summed E-state index contributed by atoms with van der Waals surface area (Å²) in [6.07, 6.45) is 0. The Balaban J connectivity index is 1.02. The summed E-state index contributed by atoms with van der Waals surface area (Å²) in [7, 11) is 0. The van der Waals surface area contributed by atoms with E-state index in [9.17, 15) is 0 Å². The molecule has 2 heteroatoms. The lowest BCUT2D eigenvalue weighted by Gasteiger charge is -2.12. The van der Waals surface area contributed by atoms with Crippen LogP contribution in [0.2, 0.25) is 0 Å². The van der Waals surface area contributed by atoms with E-state index in [-0.39, 0.29) is 0 Å². The first-order valence-corrected chi connectivity index (χ1v) is 18.7. The molecule has 0 spiro atoms. The van der Waals surface area contributed by atoms with Gasteiger partial charge in [0.15, 0.2) is 0 Å². The lowest BCUT2D eigenvalue weighted by molar-refractivity contribution is 1.19. The molecule has 0 saturated heterocycles. The zero-order valence-corrected chi connectivity index (χ0v) is 29.4. The molecular weight excluding hydrogens is 653 g/mol. The Morgan fingerprint density at radius 3 is 1.43 bits per heavy atom. The maximum Gasteiger partial charge on any atom is 0.0541 e. The largest absolute Gasteiger partial charge is 0.309 e. The molecule has 0 aliphatic rings. The standard InChI is InChI=1S/C52H32N2/c1-3-13-39-34(11-1)20-25-43-40-27-24-38(30-37(40)21-26-42(39)43)53-49-17-7-5-15-44(49)46-31-35(22-28-51(46)53)36-23-29-52-47(32-36)45-16-6-8-18-50(45)54(52)48-19-9-12-33-10-2-4-14-41(33)48/h1-32H. The lowest BCUT2D eigenvalue weighted by atomic mass is 9.97. The molecule has 2 nitrogen and oxygen atoms in total. The number of hydrogen-bond donors (Lipinski definition) is 0. The van der Waals surface area contributed by atoms with Crippen molar-refractivity contribution in [2.24, 2.45) is 0 Å². The Labute approximate surface area is 311 Å². The second-order valence-electron chi connectivity index (χ2n) is 14.5. The summed E-state index contributed by atoms with van der Waals surface area (Å²) in [6.45, 7) is 0. The van der Waals surface area contributed by atoms with Crippen LogP contribution in [0.5, 0.6) is 0 Å². The van der Waals surface area contributed by atoms with Crippen LogP contribution in [0.1, 0.15) is 0 Å². The zero-order chi connectivity index (χ0) is 35.3. The summed E-state index contributed by atoms with van der Waals surface area (Å²) in [4.78, 5) is 0. The topological polar surface area (TPSA) is 9.86 Å². The van der Waals surface area contributed by atoms with Crippen molar-refractivity contribution in [3.8, 4) is 22.5 Å². The van der Waals surface area contributed by atoms with Gasteiger partial charge in [-0.1, -0.05) is 140 Å². The van der Waals surface area contributed by atoms with Crippen LogP contribution in [0.3, 0.4) is 0 Å². The number of benzene rings is 10. The first kappa shape index (κ1) is 29.4. The molecule has 10 aromatic carbocycles. The Bertz CT molecular complexity index is 3500. The van der Waals surface area contributed by atoms with E-state index in [0.29, 0.717) is 0 Å². The van der Waals surface area contributed by atoms with Crippen molar-refractivity contribution in [3.63, 3.8) is 0 Å². The monoisotopic (exact) mass is 684 g/mol. The van der Waals surface area contributed by atoms with E-state index >= 15 is 0 Å². The van der Waals surface area contributed by atoms with E-state index in [2.05, 4.69) is 203 Å². The molecule has 0 radical (unpaired) electrons. The Kier molecular flexibility index (Phi) is 6.09. The van der Waals surface area contributed by atoms with Crippen LogP contribution in [0.25, 0.3) is 109 Å². The van der Waals surface area contributed by atoms with Crippen LogP contribution in [-0.2, 0) is 0 Å². The number of hydrogen-bond acceptors (Lipinski definition) is 0. The molecule has 0 atom stereocenters. The summed E-state index contributed by atoms with van der Waals surface area (Å²) in [5.41, 5.74) is 9.66. The fraction of sp³-hybridized carbons (Fsp3) is 0. The van der Waals surface area contributed by atoms with Gasteiger partial charge in [0.1, 0.15) is 0 Å². The Morgan fingerprint density at radius 2 is 0.722 bits per heavy atom. The van der Waals surface area contributed by atoms with Crippen molar-refractivity contribution < 1.29 is 0 Å². The predicted molar refractivity (Wildman–Crippen MR) is 231 cm³/mol. The summed E-state index contributed by atoms with van der Waals surface area (Å²) in [5, 5.41) is 15.2. The molecule has 2 heterocycles. The maximum absolute atomic E-state index is 2.43. The number of aromatic nitrogens is 2. The summed E-state index contributed by atoms with van der Waals surface area (Å²) < 4.78 is 4.86. The van der Waals surface area contributed by atoms with Crippen LogP contribution in [0.4, 0.5) is 0 Å². The van der Waals surface area contributed by atoms with Gasteiger partial charge in [0.2, 0.25) is 0 Å². The number of nitrogens with zero attached hydrogens (tertiary/aromatic N) is 2. The zero-order valence-electron chi connectivity index (χ0n) is 29.4. The van der Waals surface area contributed by atoms with E-state index in [4.69, 9.17) is 0 Å². The highest BCUT2D eigenvalue weighted by Crippen LogP contribution is 2.40. The normalized spacial score (nSPS) is 12.1. The van der Waals surface area contributed by atoms with Crippen LogP contribution >= 0.6 is 0 Å². The van der Waals surface area contributed by atoms with Gasteiger partial charge >= 0.3 is 0 Å². The summed E-state index contributed by atoms with van der Waals surface area (Å²) in [5.74, 6) is 0. The van der Waals surface area contributed by atoms with Gasteiger partial charge in [-0.15, -0.1) is 0 Å². The van der Waals surface area contributed by atoms with Crippen LogP contribution in [0.15, 0.2) is 194 Å². The van der Waals surface area contributed by atoms with Gasteiger partial charge in [0.05, 0.1) is 27.8 Å². The van der Waals surface area contributed by atoms with Crippen molar-refractivity contribution >= 4 is 86.7 Å². The van der Waals surface area contributed by atoms with Gasteiger partial charge in [0, 0.05) is 32.6 Å². The molecule has 0 saturated carbocycles. The molecule has 250 valence electrons. The highest BCUT2D eigenvalue weighted by molar-refractivity contribution is 6.18. The molecule has 0 aliphatic heterocycles. The maximum atomic E-state index is 2.43.